The van der Waals surface area contributed by atoms with Crippen LogP contribution in [0.4, 0.5) is 5.69 Å². The van der Waals surface area contributed by atoms with Crippen molar-refractivity contribution in [3.8, 4) is 5.75 Å². The van der Waals surface area contributed by atoms with Crippen LogP contribution in [0.15, 0.2) is 54.3 Å². The number of hydrogen-bond acceptors (Lipinski definition) is 4. The summed E-state index contributed by atoms with van der Waals surface area (Å²) in [6.45, 7) is 7.85. The van der Waals surface area contributed by atoms with Gasteiger partial charge in [-0.15, -0.1) is 0 Å². The Morgan fingerprint density at radius 3 is 2.62 bits per heavy atom. The summed E-state index contributed by atoms with van der Waals surface area (Å²) in [4.78, 5) is 27.1. The van der Waals surface area contributed by atoms with E-state index in [9.17, 15) is 9.59 Å². The first-order chi connectivity index (χ1) is 14.1. The van der Waals surface area contributed by atoms with Crippen LogP contribution < -0.4 is 15.4 Å². The zero-order valence-corrected chi connectivity index (χ0v) is 16.9. The molecule has 29 heavy (non-hydrogen) atoms. The van der Waals surface area contributed by atoms with Crippen LogP contribution in [0.3, 0.4) is 0 Å². The first-order valence-electron chi connectivity index (χ1n) is 10.0. The van der Waals surface area contributed by atoms with Crippen molar-refractivity contribution < 1.29 is 14.3 Å². The van der Waals surface area contributed by atoms with E-state index in [1.54, 1.807) is 24.3 Å². The molecule has 6 nitrogen and oxygen atoms in total. The minimum Gasteiger partial charge on any atom is -0.449 e. The highest BCUT2D eigenvalue weighted by Crippen LogP contribution is 2.32. The molecule has 0 saturated heterocycles. The second kappa shape index (κ2) is 9.89. The van der Waals surface area contributed by atoms with Gasteiger partial charge in [-0.3, -0.25) is 9.59 Å². The fourth-order valence-electron chi connectivity index (χ4n) is 3.15. The molecule has 2 aromatic carbocycles. The third kappa shape index (κ3) is 5.45. The monoisotopic (exact) mass is 393 g/mol. The van der Waals surface area contributed by atoms with Crippen LogP contribution in [0.25, 0.3) is 6.08 Å². The highest BCUT2D eigenvalue weighted by atomic mass is 16.5. The van der Waals surface area contributed by atoms with E-state index in [0.717, 1.165) is 31.6 Å². The molecule has 2 amide bonds. The smallest absolute Gasteiger partial charge is 0.291 e. The Morgan fingerprint density at radius 1 is 1.14 bits per heavy atom. The predicted molar refractivity (Wildman–Crippen MR) is 115 cm³/mol. The molecule has 0 spiro atoms. The highest BCUT2D eigenvalue weighted by Gasteiger charge is 2.23. The molecule has 0 bridgehead atoms. The molecule has 0 unspecified atom stereocenters. The van der Waals surface area contributed by atoms with E-state index >= 15 is 0 Å². The largest absolute Gasteiger partial charge is 0.449 e. The maximum Gasteiger partial charge on any atom is 0.291 e. The zero-order chi connectivity index (χ0) is 20.6. The number of rotatable bonds is 8. The van der Waals surface area contributed by atoms with Gasteiger partial charge >= 0.3 is 0 Å². The van der Waals surface area contributed by atoms with E-state index in [1.165, 1.54) is 0 Å². The third-order valence-electron chi connectivity index (χ3n) is 4.86. The summed E-state index contributed by atoms with van der Waals surface area (Å²) in [6.07, 6.45) is 2.58. The van der Waals surface area contributed by atoms with Gasteiger partial charge in [-0.05, 0) is 55.9 Å². The number of carbonyl (C=O) groups excluding carboxylic acids is 2. The lowest BCUT2D eigenvalue weighted by molar-refractivity contribution is -0.115. The number of hydrogen-bond donors (Lipinski definition) is 2. The minimum absolute atomic E-state index is 0.160. The van der Waals surface area contributed by atoms with E-state index in [0.29, 0.717) is 23.5 Å². The first-order valence-corrected chi connectivity index (χ1v) is 10.0. The van der Waals surface area contributed by atoms with Crippen LogP contribution in [0.1, 0.15) is 36.2 Å². The average Bonchev–Trinajstić information content (AvgIpc) is 2.74. The lowest BCUT2D eigenvalue weighted by Crippen LogP contribution is -2.30. The molecule has 0 saturated carbocycles. The van der Waals surface area contributed by atoms with E-state index < -0.39 is 0 Å². The molecule has 0 aromatic heterocycles. The molecule has 6 heteroatoms. The molecule has 1 aliphatic heterocycles. The Hall–Kier alpha value is -3.12. The molecule has 0 atom stereocenters. The van der Waals surface area contributed by atoms with Gasteiger partial charge in [-0.1, -0.05) is 44.2 Å². The molecule has 152 valence electrons. The quantitative estimate of drug-likeness (QED) is 0.532. The van der Waals surface area contributed by atoms with Crippen molar-refractivity contribution in [3.63, 3.8) is 0 Å². The number of nitrogens with one attached hydrogen (secondary N) is 2. The summed E-state index contributed by atoms with van der Waals surface area (Å²) in [6, 6.07) is 14.6. The second-order valence-corrected chi connectivity index (χ2v) is 6.82. The summed E-state index contributed by atoms with van der Waals surface area (Å²) in [5, 5.41) is 5.74. The van der Waals surface area contributed by atoms with Crippen LogP contribution in [0, 0.1) is 0 Å². The van der Waals surface area contributed by atoms with Crippen LogP contribution >= 0.6 is 0 Å². The van der Waals surface area contributed by atoms with Crippen molar-refractivity contribution in [1.29, 1.82) is 0 Å². The van der Waals surface area contributed by atoms with Crippen LogP contribution in [-0.2, 0) is 4.79 Å². The van der Waals surface area contributed by atoms with Crippen LogP contribution in [-0.4, -0.2) is 42.9 Å². The Morgan fingerprint density at radius 2 is 1.90 bits per heavy atom. The number of fused-ring (bicyclic) bond motifs is 1. The maximum atomic E-state index is 12.4. The topological polar surface area (TPSA) is 70.7 Å². The van der Waals surface area contributed by atoms with Crippen molar-refractivity contribution in [2.45, 2.75) is 20.3 Å². The van der Waals surface area contributed by atoms with E-state index in [1.807, 2.05) is 30.3 Å². The van der Waals surface area contributed by atoms with Crippen LogP contribution in [0.2, 0.25) is 0 Å². The average molecular weight is 393 g/mol. The Kier molecular flexibility index (Phi) is 7.03. The summed E-state index contributed by atoms with van der Waals surface area (Å²) >= 11 is 0. The summed E-state index contributed by atoms with van der Waals surface area (Å²) in [5.41, 5.74) is 1.86. The van der Waals surface area contributed by atoms with Crippen molar-refractivity contribution in [1.82, 2.24) is 10.2 Å². The molecule has 0 fully saturated rings. The summed E-state index contributed by atoms with van der Waals surface area (Å²) < 4.78 is 5.74. The molecule has 3 rings (SSSR count). The van der Waals surface area contributed by atoms with Gasteiger partial charge in [0.15, 0.2) is 11.5 Å². The predicted octanol–water partition coefficient (Wildman–Crippen LogP) is 3.52. The number of ether oxygens (including phenoxy) is 1. The molecular weight excluding hydrogens is 366 g/mol. The standard InChI is InChI=1S/C23H27N3O3/c1-3-26(4-2)14-8-13-24-22(27)18-11-12-20-19(16-18)25-23(28)21(29-20)15-17-9-6-5-7-10-17/h5-7,9-12,15-16H,3-4,8,13-14H2,1-2H3,(H,24,27)(H,25,28). The van der Waals surface area contributed by atoms with E-state index in [2.05, 4.69) is 29.4 Å². The fourth-order valence-corrected chi connectivity index (χ4v) is 3.15. The highest BCUT2D eigenvalue weighted by molar-refractivity contribution is 6.09. The molecule has 2 N–H and O–H groups in total. The molecule has 0 radical (unpaired) electrons. The van der Waals surface area contributed by atoms with Gasteiger partial charge in [0, 0.05) is 12.1 Å². The lowest BCUT2D eigenvalue weighted by atomic mass is 10.1. The van der Waals surface area contributed by atoms with Gasteiger partial charge in [0.25, 0.3) is 11.8 Å². The maximum absolute atomic E-state index is 12.4. The van der Waals surface area contributed by atoms with Gasteiger partial charge in [0.1, 0.15) is 0 Å². The number of benzene rings is 2. The SMILES string of the molecule is CCN(CC)CCCNC(=O)c1ccc2c(c1)NC(=O)C(=Cc1ccccc1)O2. The number of amides is 2. The third-order valence-corrected chi connectivity index (χ3v) is 4.86. The van der Waals surface area contributed by atoms with Gasteiger partial charge < -0.3 is 20.3 Å². The second-order valence-electron chi connectivity index (χ2n) is 6.82. The fraction of sp³-hybridized carbons (Fsp3) is 0.304. The Labute approximate surface area is 171 Å². The van der Waals surface area contributed by atoms with Crippen molar-refractivity contribution in [2.24, 2.45) is 0 Å². The van der Waals surface area contributed by atoms with Crippen LogP contribution in [0.5, 0.6) is 5.75 Å². The van der Waals surface area contributed by atoms with E-state index in [4.69, 9.17) is 4.74 Å². The number of carbonyl (C=O) groups is 2. The Bertz CT molecular complexity index is 889. The van der Waals surface area contributed by atoms with E-state index in [-0.39, 0.29) is 17.6 Å². The minimum atomic E-state index is -0.335. The first kappa shape index (κ1) is 20.6. The van der Waals surface area contributed by atoms with Crippen molar-refractivity contribution in [2.75, 3.05) is 31.5 Å². The van der Waals surface area contributed by atoms with Gasteiger partial charge in [0.2, 0.25) is 0 Å². The molecular formula is C23H27N3O3. The molecule has 1 aliphatic rings. The van der Waals surface area contributed by atoms with Gasteiger partial charge in [0.05, 0.1) is 5.69 Å². The zero-order valence-electron chi connectivity index (χ0n) is 16.9. The van der Waals surface area contributed by atoms with Gasteiger partial charge in [-0.2, -0.15) is 0 Å². The Balaban J connectivity index is 1.62. The van der Waals surface area contributed by atoms with Gasteiger partial charge in [-0.25, -0.2) is 0 Å². The van der Waals surface area contributed by atoms with Crippen molar-refractivity contribution in [3.05, 3.63) is 65.4 Å². The summed E-state index contributed by atoms with van der Waals surface area (Å²) in [5.74, 6) is 0.243. The van der Waals surface area contributed by atoms with Crippen molar-refractivity contribution >= 4 is 23.6 Å². The normalized spacial score (nSPS) is 14.3. The molecule has 2 aromatic rings. The number of anilines is 1. The number of nitrogens with zero attached hydrogens (tertiary/aromatic N) is 1. The summed E-state index contributed by atoms with van der Waals surface area (Å²) in [7, 11) is 0. The molecule has 0 aliphatic carbocycles. The molecule has 1 heterocycles. The lowest BCUT2D eigenvalue weighted by Gasteiger charge is -2.20.